The summed E-state index contributed by atoms with van der Waals surface area (Å²) < 4.78 is 0. The predicted molar refractivity (Wildman–Crippen MR) is 82.5 cm³/mol. The number of aromatic nitrogens is 1. The van der Waals surface area contributed by atoms with Gasteiger partial charge in [-0.15, -0.1) is 0 Å². The summed E-state index contributed by atoms with van der Waals surface area (Å²) in [5, 5.41) is 14.8. The molecule has 0 atom stereocenters. The molecule has 0 spiro atoms. The van der Waals surface area contributed by atoms with Gasteiger partial charge in [0.05, 0.1) is 22.2 Å². The molecular formula is C15H13ClN4O. The van der Waals surface area contributed by atoms with Gasteiger partial charge in [0.2, 0.25) is 0 Å². The van der Waals surface area contributed by atoms with Gasteiger partial charge in [-0.25, -0.2) is 4.98 Å². The van der Waals surface area contributed by atoms with Crippen LogP contribution in [-0.2, 0) is 0 Å². The Kier molecular flexibility index (Phi) is 4.75. The van der Waals surface area contributed by atoms with Crippen molar-refractivity contribution in [2.75, 3.05) is 17.2 Å². The third-order valence-electron chi connectivity index (χ3n) is 2.73. The zero-order chi connectivity index (χ0) is 15.2. The summed E-state index contributed by atoms with van der Waals surface area (Å²) in [7, 11) is 0. The highest BCUT2D eigenvalue weighted by atomic mass is 35.5. The van der Waals surface area contributed by atoms with Crippen molar-refractivity contribution < 1.29 is 4.79 Å². The van der Waals surface area contributed by atoms with Crippen molar-refractivity contribution in [2.45, 2.75) is 6.92 Å². The lowest BCUT2D eigenvalue weighted by Gasteiger charge is -2.09. The van der Waals surface area contributed by atoms with Crippen LogP contribution in [0.2, 0.25) is 5.02 Å². The highest BCUT2D eigenvalue weighted by Crippen LogP contribution is 2.20. The molecule has 1 aromatic heterocycles. The van der Waals surface area contributed by atoms with Gasteiger partial charge >= 0.3 is 0 Å². The fraction of sp³-hybridized carbons (Fsp3) is 0.133. The Labute approximate surface area is 127 Å². The fourth-order valence-corrected chi connectivity index (χ4v) is 1.91. The number of halogens is 1. The normalized spacial score (nSPS) is 9.76. The lowest BCUT2D eigenvalue weighted by Crippen LogP contribution is -2.13. The van der Waals surface area contributed by atoms with Crippen molar-refractivity contribution in [2.24, 2.45) is 0 Å². The molecule has 0 saturated heterocycles. The van der Waals surface area contributed by atoms with E-state index in [2.05, 4.69) is 15.6 Å². The van der Waals surface area contributed by atoms with E-state index in [1.165, 1.54) is 6.20 Å². The molecule has 0 radical (unpaired) electrons. The number of nitrogens with one attached hydrogen (secondary N) is 2. The van der Waals surface area contributed by atoms with E-state index >= 15 is 0 Å². The molecule has 0 saturated carbocycles. The number of pyridine rings is 1. The molecule has 106 valence electrons. The summed E-state index contributed by atoms with van der Waals surface area (Å²) in [5.41, 5.74) is 1.47. The first kappa shape index (κ1) is 14.8. The second-order valence-corrected chi connectivity index (χ2v) is 4.63. The van der Waals surface area contributed by atoms with E-state index in [9.17, 15) is 4.79 Å². The second kappa shape index (κ2) is 6.73. The molecule has 0 aliphatic rings. The number of amides is 1. The fourth-order valence-electron chi connectivity index (χ4n) is 1.72. The monoisotopic (exact) mass is 300 g/mol. The summed E-state index contributed by atoms with van der Waals surface area (Å²) in [6.45, 7) is 2.64. The smallest absolute Gasteiger partial charge is 0.257 e. The molecule has 1 amide bonds. The molecule has 0 bridgehead atoms. The number of benzene rings is 1. The summed E-state index contributed by atoms with van der Waals surface area (Å²) in [5.74, 6) is 0.262. The average Bonchev–Trinajstić information content (AvgIpc) is 2.50. The molecule has 5 nitrogen and oxygen atoms in total. The quantitative estimate of drug-likeness (QED) is 0.908. The van der Waals surface area contributed by atoms with Crippen molar-refractivity contribution >= 4 is 29.0 Å². The van der Waals surface area contributed by atoms with Gasteiger partial charge in [0.25, 0.3) is 5.91 Å². The van der Waals surface area contributed by atoms with Gasteiger partial charge in [0.1, 0.15) is 5.82 Å². The third-order valence-corrected chi connectivity index (χ3v) is 3.03. The first-order valence-electron chi connectivity index (χ1n) is 6.35. The summed E-state index contributed by atoms with van der Waals surface area (Å²) in [4.78, 5) is 16.3. The van der Waals surface area contributed by atoms with Gasteiger partial charge in [-0.2, -0.15) is 5.26 Å². The molecule has 0 unspecified atom stereocenters. The average molecular weight is 301 g/mol. The first-order chi connectivity index (χ1) is 10.1. The van der Waals surface area contributed by atoms with Crippen LogP contribution in [0.25, 0.3) is 0 Å². The maximum Gasteiger partial charge on any atom is 0.257 e. The number of anilines is 2. The molecule has 0 aliphatic carbocycles. The van der Waals surface area contributed by atoms with E-state index in [0.717, 1.165) is 0 Å². The lowest BCUT2D eigenvalue weighted by atomic mass is 10.2. The molecule has 1 heterocycles. The number of carbonyl (C=O) groups excluding carboxylic acids is 1. The van der Waals surface area contributed by atoms with Crippen molar-refractivity contribution in [3.05, 3.63) is 52.7 Å². The van der Waals surface area contributed by atoms with Gasteiger partial charge in [0, 0.05) is 18.4 Å². The summed E-state index contributed by atoms with van der Waals surface area (Å²) in [6.07, 6.45) is 1.44. The predicted octanol–water partition coefficient (Wildman–Crippen LogP) is 3.29. The highest BCUT2D eigenvalue weighted by Gasteiger charge is 2.12. The maximum absolute atomic E-state index is 12.2. The number of rotatable bonds is 4. The minimum Gasteiger partial charge on any atom is -0.370 e. The van der Waals surface area contributed by atoms with Crippen LogP contribution in [0.5, 0.6) is 0 Å². The van der Waals surface area contributed by atoms with Gasteiger partial charge in [-0.1, -0.05) is 11.6 Å². The van der Waals surface area contributed by atoms with Crippen LogP contribution in [0.1, 0.15) is 22.8 Å². The minimum atomic E-state index is -0.328. The molecule has 0 fully saturated rings. The van der Waals surface area contributed by atoms with Crippen molar-refractivity contribution in [3.8, 4) is 6.07 Å². The Morgan fingerprint density at radius 2 is 2.10 bits per heavy atom. The molecule has 2 N–H and O–H groups in total. The minimum absolute atomic E-state index is 0.280. The van der Waals surface area contributed by atoms with Crippen LogP contribution in [0.4, 0.5) is 11.5 Å². The number of carbonyl (C=O) groups is 1. The molecular weight excluding hydrogens is 288 g/mol. The zero-order valence-electron chi connectivity index (χ0n) is 11.4. The molecule has 21 heavy (non-hydrogen) atoms. The van der Waals surface area contributed by atoms with Crippen LogP contribution in [0.15, 0.2) is 36.5 Å². The van der Waals surface area contributed by atoms with E-state index in [-0.39, 0.29) is 10.9 Å². The second-order valence-electron chi connectivity index (χ2n) is 4.22. The Morgan fingerprint density at radius 1 is 1.38 bits per heavy atom. The standard InChI is InChI=1S/C15H13ClN4O/c1-2-18-14-7-12(13(16)9-19-14)15(21)20-11-5-3-10(8-17)4-6-11/h3-7,9H,2H2,1H3,(H,18,19)(H,20,21). The number of nitrogens with zero attached hydrogens (tertiary/aromatic N) is 2. The van der Waals surface area contributed by atoms with Gasteiger partial charge in [-0.3, -0.25) is 4.79 Å². The topological polar surface area (TPSA) is 77.8 Å². The number of nitriles is 1. The molecule has 6 heteroatoms. The summed E-state index contributed by atoms with van der Waals surface area (Å²) in [6, 6.07) is 10.2. The van der Waals surface area contributed by atoms with E-state index in [1.807, 2.05) is 13.0 Å². The Bertz CT molecular complexity index is 692. The van der Waals surface area contributed by atoms with Gasteiger partial charge in [0.15, 0.2) is 0 Å². The van der Waals surface area contributed by atoms with Crippen LogP contribution in [0, 0.1) is 11.3 Å². The van der Waals surface area contributed by atoms with Gasteiger partial charge in [-0.05, 0) is 37.3 Å². The van der Waals surface area contributed by atoms with Crippen molar-refractivity contribution in [1.82, 2.24) is 4.98 Å². The number of hydrogen-bond donors (Lipinski definition) is 2. The van der Waals surface area contributed by atoms with Crippen molar-refractivity contribution in [1.29, 1.82) is 5.26 Å². The van der Waals surface area contributed by atoms with E-state index in [0.29, 0.717) is 29.2 Å². The van der Waals surface area contributed by atoms with E-state index in [4.69, 9.17) is 16.9 Å². The van der Waals surface area contributed by atoms with E-state index in [1.54, 1.807) is 30.3 Å². The highest BCUT2D eigenvalue weighted by molar-refractivity contribution is 6.34. The van der Waals surface area contributed by atoms with E-state index < -0.39 is 0 Å². The van der Waals surface area contributed by atoms with Crippen molar-refractivity contribution in [3.63, 3.8) is 0 Å². The molecule has 2 aromatic rings. The maximum atomic E-state index is 12.2. The zero-order valence-corrected chi connectivity index (χ0v) is 12.1. The lowest BCUT2D eigenvalue weighted by molar-refractivity contribution is 0.102. The Hall–Kier alpha value is -2.58. The first-order valence-corrected chi connectivity index (χ1v) is 6.72. The number of hydrogen-bond acceptors (Lipinski definition) is 4. The Balaban J connectivity index is 2.19. The van der Waals surface area contributed by atoms with Crippen LogP contribution in [0.3, 0.4) is 0 Å². The molecule has 1 aromatic carbocycles. The molecule has 2 rings (SSSR count). The third kappa shape index (κ3) is 3.71. The van der Waals surface area contributed by atoms with Crippen LogP contribution < -0.4 is 10.6 Å². The van der Waals surface area contributed by atoms with Gasteiger partial charge < -0.3 is 10.6 Å². The van der Waals surface area contributed by atoms with Crippen LogP contribution in [-0.4, -0.2) is 17.4 Å². The summed E-state index contributed by atoms with van der Waals surface area (Å²) >= 11 is 6.01. The largest absolute Gasteiger partial charge is 0.370 e. The Morgan fingerprint density at radius 3 is 2.71 bits per heavy atom. The molecule has 0 aliphatic heterocycles. The van der Waals surface area contributed by atoms with Crippen LogP contribution >= 0.6 is 11.6 Å². The SMILES string of the molecule is CCNc1cc(C(=O)Nc2ccc(C#N)cc2)c(Cl)cn1.